The largest absolute Gasteiger partial charge is 0.496 e. The van der Waals surface area contributed by atoms with E-state index in [4.69, 9.17) is 4.74 Å². The van der Waals surface area contributed by atoms with E-state index in [1.807, 2.05) is 17.6 Å². The Hall–Kier alpha value is -4.07. The van der Waals surface area contributed by atoms with Gasteiger partial charge >= 0.3 is 0 Å². The highest BCUT2D eigenvalue weighted by atomic mass is 19.1. The van der Waals surface area contributed by atoms with Crippen LogP contribution in [0.2, 0.25) is 0 Å². The van der Waals surface area contributed by atoms with Crippen LogP contribution in [0.4, 0.5) is 4.39 Å². The van der Waals surface area contributed by atoms with Gasteiger partial charge in [-0.05, 0) is 48.2 Å². The third-order valence-corrected chi connectivity index (χ3v) is 5.71. The molecule has 0 spiro atoms. The van der Waals surface area contributed by atoms with Crippen molar-refractivity contribution in [3.05, 3.63) is 71.3 Å². The topological polar surface area (TPSA) is 74.8 Å². The van der Waals surface area contributed by atoms with Crippen molar-refractivity contribution in [1.82, 2.24) is 24.3 Å². The minimum atomic E-state index is -0.396. The molecular weight excluding hydrogens is 409 g/mol. The summed E-state index contributed by atoms with van der Waals surface area (Å²) < 4.78 is 24.0. The van der Waals surface area contributed by atoms with Crippen LogP contribution >= 0.6 is 0 Å². The molecular formula is C24H20FN5O2. The molecule has 32 heavy (non-hydrogen) atoms. The maximum absolute atomic E-state index is 15.0. The zero-order valence-electron chi connectivity index (χ0n) is 17.8. The number of hydrogen-bond donors (Lipinski definition) is 0. The summed E-state index contributed by atoms with van der Waals surface area (Å²) in [6.45, 7) is 2.72. The molecule has 7 nitrogen and oxygen atoms in total. The average molecular weight is 429 g/mol. The lowest BCUT2D eigenvalue weighted by Gasteiger charge is -2.13. The minimum absolute atomic E-state index is 0.140. The lowest BCUT2D eigenvalue weighted by Crippen LogP contribution is -2.15. The number of nitrogens with zero attached hydrogens (tertiary/aromatic N) is 5. The second kappa shape index (κ2) is 7.56. The van der Waals surface area contributed by atoms with E-state index in [1.165, 1.54) is 17.7 Å². The van der Waals surface area contributed by atoms with Crippen LogP contribution in [0, 0.1) is 5.82 Å². The first-order valence-electron chi connectivity index (χ1n) is 10.2. The second-order valence-corrected chi connectivity index (χ2v) is 7.53. The summed E-state index contributed by atoms with van der Waals surface area (Å²) in [5.74, 6) is 0.0256. The van der Waals surface area contributed by atoms with Gasteiger partial charge in [0.05, 0.1) is 25.0 Å². The third kappa shape index (κ3) is 3.03. The molecule has 0 bridgehead atoms. The molecule has 3 heterocycles. The Balaban J connectivity index is 1.74. The minimum Gasteiger partial charge on any atom is -0.496 e. The summed E-state index contributed by atoms with van der Waals surface area (Å²) in [7, 11) is 3.20. The third-order valence-electron chi connectivity index (χ3n) is 5.71. The number of halogens is 1. The molecule has 5 aromatic rings. The van der Waals surface area contributed by atoms with E-state index in [-0.39, 0.29) is 5.56 Å². The molecule has 0 saturated carbocycles. The number of benzene rings is 2. The first kappa shape index (κ1) is 19.9. The number of pyridine rings is 1. The van der Waals surface area contributed by atoms with E-state index in [9.17, 15) is 4.79 Å². The molecule has 160 valence electrons. The molecule has 0 unspecified atom stereocenters. The molecule has 5 rings (SSSR count). The van der Waals surface area contributed by atoms with Gasteiger partial charge in [-0.25, -0.2) is 9.37 Å². The Bertz CT molecular complexity index is 1550. The fraction of sp³-hybridized carbons (Fsp3) is 0.167. The van der Waals surface area contributed by atoms with Crippen molar-refractivity contribution in [2.75, 3.05) is 7.11 Å². The number of hydrogen-bond acceptors (Lipinski definition) is 5. The van der Waals surface area contributed by atoms with Gasteiger partial charge in [-0.1, -0.05) is 6.07 Å². The molecule has 2 aromatic carbocycles. The zero-order chi connectivity index (χ0) is 22.4. The number of ether oxygens (including phenoxy) is 1. The quantitative estimate of drug-likeness (QED) is 0.428. The van der Waals surface area contributed by atoms with Crippen LogP contribution in [-0.2, 0) is 13.6 Å². The second-order valence-electron chi connectivity index (χ2n) is 7.53. The van der Waals surface area contributed by atoms with E-state index < -0.39 is 5.82 Å². The Labute approximate surface area is 182 Å². The normalized spacial score (nSPS) is 11.4. The highest BCUT2D eigenvalue weighted by Gasteiger charge is 2.17. The van der Waals surface area contributed by atoms with E-state index >= 15 is 4.39 Å². The zero-order valence-corrected chi connectivity index (χ0v) is 17.8. The fourth-order valence-electron chi connectivity index (χ4n) is 3.96. The number of imidazole rings is 1. The van der Waals surface area contributed by atoms with Crippen LogP contribution in [-0.4, -0.2) is 31.4 Å². The van der Waals surface area contributed by atoms with Crippen LogP contribution in [0.3, 0.4) is 0 Å². The van der Waals surface area contributed by atoms with Gasteiger partial charge in [0, 0.05) is 36.5 Å². The van der Waals surface area contributed by atoms with E-state index in [2.05, 4.69) is 15.2 Å². The summed E-state index contributed by atoms with van der Waals surface area (Å²) in [5.41, 5.74) is 3.68. The predicted octanol–water partition coefficient (Wildman–Crippen LogP) is 4.18. The van der Waals surface area contributed by atoms with Gasteiger partial charge in [0.2, 0.25) is 0 Å². The molecule has 0 saturated heterocycles. The maximum atomic E-state index is 15.0. The van der Waals surface area contributed by atoms with Gasteiger partial charge in [-0.3, -0.25) is 4.79 Å². The number of aryl methyl sites for hydroxylation is 2. The first-order valence-corrected chi connectivity index (χ1v) is 10.2. The number of rotatable bonds is 4. The van der Waals surface area contributed by atoms with Crippen LogP contribution in [0.1, 0.15) is 6.92 Å². The average Bonchev–Trinajstić information content (AvgIpc) is 3.25. The van der Waals surface area contributed by atoms with Crippen LogP contribution in [0.25, 0.3) is 44.2 Å². The van der Waals surface area contributed by atoms with Gasteiger partial charge in [-0.2, -0.15) is 5.10 Å². The molecule has 3 aromatic heterocycles. The maximum Gasteiger partial charge on any atom is 0.258 e. The lowest BCUT2D eigenvalue weighted by atomic mass is 9.96. The highest BCUT2D eigenvalue weighted by Crippen LogP contribution is 2.37. The first-order chi connectivity index (χ1) is 15.5. The van der Waals surface area contributed by atoms with Crippen LogP contribution in [0.15, 0.2) is 59.9 Å². The molecule has 0 aliphatic heterocycles. The fourth-order valence-corrected chi connectivity index (χ4v) is 3.96. The Morgan fingerprint density at radius 3 is 2.72 bits per heavy atom. The number of methoxy groups -OCH3 is 1. The molecule has 0 amide bonds. The van der Waals surface area contributed by atoms with Crippen molar-refractivity contribution < 1.29 is 9.13 Å². The Morgan fingerprint density at radius 2 is 1.94 bits per heavy atom. The summed E-state index contributed by atoms with van der Waals surface area (Å²) in [5, 5.41) is 9.54. The molecule has 0 N–H and O–H groups in total. The van der Waals surface area contributed by atoms with Crippen LogP contribution < -0.4 is 10.3 Å². The van der Waals surface area contributed by atoms with Crippen molar-refractivity contribution in [3.63, 3.8) is 0 Å². The summed E-state index contributed by atoms with van der Waals surface area (Å²) in [6, 6.07) is 10.1. The summed E-state index contributed by atoms with van der Waals surface area (Å²) in [6.07, 6.45) is 5.05. The SMILES string of the molecule is CCn1cnc2c(-c3ccc(F)c(-c4cc5ccn(C)c(=O)c5cc4OC)c3)cnnc21. The van der Waals surface area contributed by atoms with E-state index in [0.29, 0.717) is 38.8 Å². The predicted molar refractivity (Wildman–Crippen MR) is 121 cm³/mol. The van der Waals surface area contributed by atoms with Gasteiger partial charge in [0.1, 0.15) is 17.1 Å². The Kier molecular flexibility index (Phi) is 4.70. The smallest absolute Gasteiger partial charge is 0.258 e. The van der Waals surface area contributed by atoms with Gasteiger partial charge in [0.15, 0.2) is 5.65 Å². The van der Waals surface area contributed by atoms with Gasteiger partial charge in [0.25, 0.3) is 5.56 Å². The van der Waals surface area contributed by atoms with Crippen LogP contribution in [0.5, 0.6) is 5.75 Å². The summed E-state index contributed by atoms with van der Waals surface area (Å²) >= 11 is 0. The molecule has 0 radical (unpaired) electrons. The molecule has 0 aliphatic rings. The Morgan fingerprint density at radius 1 is 1.09 bits per heavy atom. The van der Waals surface area contributed by atoms with E-state index in [0.717, 1.165) is 17.7 Å². The van der Waals surface area contributed by atoms with Crippen molar-refractivity contribution in [2.45, 2.75) is 13.5 Å². The number of aromatic nitrogens is 5. The highest BCUT2D eigenvalue weighted by molar-refractivity contribution is 5.93. The lowest BCUT2D eigenvalue weighted by molar-refractivity contribution is 0.416. The van der Waals surface area contributed by atoms with Crippen molar-refractivity contribution >= 4 is 21.9 Å². The monoisotopic (exact) mass is 429 g/mol. The van der Waals surface area contributed by atoms with Crippen molar-refractivity contribution in [3.8, 4) is 28.0 Å². The molecule has 8 heteroatoms. The summed E-state index contributed by atoms with van der Waals surface area (Å²) in [4.78, 5) is 17.0. The van der Waals surface area contributed by atoms with Crippen molar-refractivity contribution in [2.24, 2.45) is 7.05 Å². The van der Waals surface area contributed by atoms with E-state index in [1.54, 1.807) is 50.0 Å². The standard InChI is InChI=1S/C24H20FN5O2/c1-4-30-13-26-22-19(12-27-28-23(22)30)14-5-6-20(25)17(9-14)18-10-15-7-8-29(2)24(31)16(15)11-21(18)32-3/h5-13H,4H2,1-3H3. The molecule has 0 aliphatic carbocycles. The van der Waals surface area contributed by atoms with Gasteiger partial charge < -0.3 is 13.9 Å². The number of fused-ring (bicyclic) bond motifs is 2. The molecule has 0 fully saturated rings. The molecule has 0 atom stereocenters. The van der Waals surface area contributed by atoms with Crippen molar-refractivity contribution in [1.29, 1.82) is 0 Å². The van der Waals surface area contributed by atoms with Gasteiger partial charge in [-0.15, -0.1) is 5.10 Å².